The normalized spacial score (nSPS) is 12.9. The van der Waals surface area contributed by atoms with Gasteiger partial charge in [0.05, 0.1) is 24.3 Å². The van der Waals surface area contributed by atoms with Crippen molar-refractivity contribution in [2.75, 3.05) is 47.9 Å². The number of aromatic carboxylic acids is 1. The van der Waals surface area contributed by atoms with Crippen LogP contribution in [0.5, 0.6) is 5.75 Å². The number of likely N-dealkylation sites (N-methyl/N-ethyl adjacent to an activating group) is 2. The van der Waals surface area contributed by atoms with Crippen molar-refractivity contribution < 1.29 is 43.7 Å². The summed E-state index contributed by atoms with van der Waals surface area (Å²) in [6.45, 7) is 1.52. The summed E-state index contributed by atoms with van der Waals surface area (Å²) in [4.78, 5) is 74.7. The topological polar surface area (TPSA) is 195 Å². The van der Waals surface area contributed by atoms with Gasteiger partial charge in [-0.3, -0.25) is 29.0 Å². The van der Waals surface area contributed by atoms with Gasteiger partial charge in [0.1, 0.15) is 11.8 Å². The first-order valence-electron chi connectivity index (χ1n) is 19.1. The molecular weight excluding hydrogens is 682 g/mol. The van der Waals surface area contributed by atoms with E-state index in [4.69, 9.17) is 9.84 Å². The Hall–Kier alpha value is -4.04. The number of hydrogen-bond donors (Lipinski definition) is 5. The minimum Gasteiger partial charge on any atom is -0.494 e. The van der Waals surface area contributed by atoms with Crippen molar-refractivity contribution in [3.05, 3.63) is 29.8 Å². The summed E-state index contributed by atoms with van der Waals surface area (Å²) in [5, 5.41) is 26.8. The molecule has 14 nitrogen and oxygen atoms in total. The molecule has 0 aromatic heterocycles. The predicted molar refractivity (Wildman–Crippen MR) is 204 cm³/mol. The van der Waals surface area contributed by atoms with Crippen molar-refractivity contribution in [1.82, 2.24) is 25.8 Å². The summed E-state index contributed by atoms with van der Waals surface area (Å²) in [6, 6.07) is 4.70. The Morgan fingerprint density at radius 1 is 0.679 bits per heavy atom. The number of benzene rings is 1. The highest BCUT2D eigenvalue weighted by molar-refractivity contribution is 5.87. The van der Waals surface area contributed by atoms with Crippen LogP contribution in [0.4, 0.5) is 0 Å². The van der Waals surface area contributed by atoms with Crippen LogP contribution in [0, 0.1) is 0 Å². The smallest absolute Gasteiger partial charge is 0.335 e. The minimum atomic E-state index is -1.17. The van der Waals surface area contributed by atoms with Gasteiger partial charge in [0, 0.05) is 25.9 Å². The predicted octanol–water partition coefficient (Wildman–Crippen LogP) is 4.17. The SMILES string of the molecule is CN(C)[C@H]([C]=O)CCCCNC(=O)[C@H](CCCCNC(=O)CC[C@H](NC(=O)CCCCCCCCCCOc1ccc(C(=O)O)cc1)C(=O)O)N(C)C. The lowest BCUT2D eigenvalue weighted by atomic mass is 10.1. The molecule has 0 unspecified atom stereocenters. The fourth-order valence-corrected chi connectivity index (χ4v) is 5.75. The monoisotopic (exact) mass is 746 g/mol. The Morgan fingerprint density at radius 2 is 1.26 bits per heavy atom. The van der Waals surface area contributed by atoms with Gasteiger partial charge in [0.2, 0.25) is 24.0 Å². The fourth-order valence-electron chi connectivity index (χ4n) is 5.75. The van der Waals surface area contributed by atoms with Crippen LogP contribution < -0.4 is 20.7 Å². The van der Waals surface area contributed by atoms with Crippen molar-refractivity contribution in [3.8, 4) is 5.75 Å². The highest BCUT2D eigenvalue weighted by Gasteiger charge is 2.22. The molecule has 0 heterocycles. The third-order valence-electron chi connectivity index (χ3n) is 9.08. The van der Waals surface area contributed by atoms with E-state index in [1.807, 2.05) is 44.3 Å². The van der Waals surface area contributed by atoms with E-state index >= 15 is 0 Å². The molecule has 0 aliphatic heterocycles. The van der Waals surface area contributed by atoms with Crippen LogP contribution in [-0.2, 0) is 24.0 Å². The van der Waals surface area contributed by atoms with Crippen LogP contribution in [0.1, 0.15) is 120 Å². The van der Waals surface area contributed by atoms with Crippen molar-refractivity contribution in [2.45, 2.75) is 127 Å². The number of rotatable bonds is 32. The molecule has 3 amide bonds. The zero-order valence-electron chi connectivity index (χ0n) is 32.3. The summed E-state index contributed by atoms with van der Waals surface area (Å²) in [7, 11) is 7.39. The fraction of sp³-hybridized carbons (Fsp3) is 0.692. The van der Waals surface area contributed by atoms with Crippen molar-refractivity contribution in [3.63, 3.8) is 0 Å². The quantitative estimate of drug-likeness (QED) is 0.0665. The van der Waals surface area contributed by atoms with Crippen LogP contribution in [0.25, 0.3) is 0 Å². The van der Waals surface area contributed by atoms with Crippen molar-refractivity contribution in [2.24, 2.45) is 0 Å². The Morgan fingerprint density at radius 3 is 1.83 bits per heavy atom. The number of hydrogen-bond acceptors (Lipinski definition) is 9. The van der Waals surface area contributed by atoms with Crippen LogP contribution in [0.15, 0.2) is 24.3 Å². The second-order valence-corrected chi connectivity index (χ2v) is 14.0. The van der Waals surface area contributed by atoms with Gasteiger partial charge in [-0.25, -0.2) is 9.59 Å². The number of nitrogens with zero attached hydrogens (tertiary/aromatic N) is 2. The number of carbonyl (C=O) groups is 5. The maximum atomic E-state index is 12.7. The second-order valence-electron chi connectivity index (χ2n) is 14.0. The van der Waals surface area contributed by atoms with E-state index in [1.165, 1.54) is 12.1 Å². The van der Waals surface area contributed by atoms with Gasteiger partial charge in [-0.1, -0.05) is 38.5 Å². The molecule has 1 radical (unpaired) electrons. The third-order valence-corrected chi connectivity index (χ3v) is 9.08. The standard InChI is InChI=1S/C39H64N5O9/c1-43(2)31(29-45)17-12-14-27-41-37(48)34(44(3)4)18-13-15-26-40-35(46)25-24-33(39(51)52)42-36(47)19-11-9-7-5-6-8-10-16-28-53-32-22-20-30(21-23-32)38(49)50/h20-23,31,33-34H,5-19,24-28H2,1-4H3,(H,40,46)(H,41,48)(H,42,47)(H,49,50)(H,51,52)/t31-,33-,34-/m0/s1. The summed E-state index contributed by atoms with van der Waals surface area (Å²) in [6.07, 6.45) is 14.2. The largest absolute Gasteiger partial charge is 0.494 e. The molecule has 299 valence electrons. The molecule has 14 heteroatoms. The van der Waals surface area contributed by atoms with E-state index in [-0.39, 0.29) is 54.6 Å². The molecule has 0 spiro atoms. The molecule has 0 saturated heterocycles. The van der Waals surface area contributed by atoms with E-state index in [9.17, 15) is 33.9 Å². The molecule has 0 aliphatic rings. The number of aliphatic carboxylic acids is 1. The van der Waals surface area contributed by atoms with Crippen molar-refractivity contribution >= 4 is 35.9 Å². The number of carboxylic acid groups (broad SMARTS) is 2. The second kappa shape index (κ2) is 28.5. The van der Waals surface area contributed by atoms with Crippen LogP contribution in [-0.4, -0.2) is 122 Å². The highest BCUT2D eigenvalue weighted by Crippen LogP contribution is 2.14. The first-order chi connectivity index (χ1) is 25.3. The van der Waals surface area contributed by atoms with Gasteiger partial charge in [0.15, 0.2) is 0 Å². The van der Waals surface area contributed by atoms with E-state index < -0.39 is 18.0 Å². The summed E-state index contributed by atoms with van der Waals surface area (Å²) < 4.78 is 5.65. The molecule has 0 fully saturated rings. The molecule has 3 atom stereocenters. The maximum Gasteiger partial charge on any atom is 0.335 e. The van der Waals surface area contributed by atoms with Gasteiger partial charge in [0.25, 0.3) is 0 Å². The third kappa shape index (κ3) is 22.6. The summed E-state index contributed by atoms with van der Waals surface area (Å²) in [5.41, 5.74) is 0.230. The molecule has 0 aliphatic carbocycles. The molecule has 1 aromatic carbocycles. The lowest BCUT2D eigenvalue weighted by Gasteiger charge is -2.23. The van der Waals surface area contributed by atoms with Gasteiger partial charge in [-0.15, -0.1) is 0 Å². The average Bonchev–Trinajstić information content (AvgIpc) is 3.11. The average molecular weight is 747 g/mol. The molecular formula is C39H64N5O9. The minimum absolute atomic E-state index is 0.00102. The molecule has 5 N–H and O–H groups in total. The number of amides is 3. The van der Waals surface area contributed by atoms with Gasteiger partial charge < -0.3 is 30.9 Å². The number of carboxylic acids is 2. The number of ether oxygens (including phenoxy) is 1. The van der Waals surface area contributed by atoms with Crippen LogP contribution >= 0.6 is 0 Å². The zero-order valence-corrected chi connectivity index (χ0v) is 32.3. The zero-order chi connectivity index (χ0) is 39.4. The first kappa shape index (κ1) is 47.0. The van der Waals surface area contributed by atoms with Gasteiger partial charge >= 0.3 is 11.9 Å². The van der Waals surface area contributed by atoms with Crippen molar-refractivity contribution in [1.29, 1.82) is 0 Å². The Kier molecular flexibility index (Phi) is 25.2. The Labute approximate surface area is 315 Å². The Balaban J connectivity index is 2.13. The van der Waals surface area contributed by atoms with Gasteiger partial charge in [-0.2, -0.15) is 0 Å². The molecule has 0 saturated carbocycles. The molecule has 1 rings (SSSR count). The molecule has 0 bridgehead atoms. The number of carbonyl (C=O) groups excluding carboxylic acids is 4. The van der Waals surface area contributed by atoms with E-state index in [2.05, 4.69) is 16.0 Å². The maximum absolute atomic E-state index is 12.7. The lowest BCUT2D eigenvalue weighted by molar-refractivity contribution is -0.142. The number of nitrogens with one attached hydrogen (secondary N) is 3. The Bertz CT molecular complexity index is 1230. The summed E-state index contributed by atoms with van der Waals surface area (Å²) in [5.74, 6) is -2.14. The molecule has 1 aromatic rings. The van der Waals surface area contributed by atoms with Crippen LogP contribution in [0.3, 0.4) is 0 Å². The number of unbranched alkanes of at least 4 members (excludes halogenated alkanes) is 9. The van der Waals surface area contributed by atoms with Gasteiger partial charge in [-0.05, 0) is 110 Å². The van der Waals surface area contributed by atoms with E-state index in [1.54, 1.807) is 12.1 Å². The first-order valence-corrected chi connectivity index (χ1v) is 19.1. The molecule has 53 heavy (non-hydrogen) atoms. The van der Waals surface area contributed by atoms with E-state index in [0.717, 1.165) is 64.2 Å². The summed E-state index contributed by atoms with van der Waals surface area (Å²) >= 11 is 0. The highest BCUT2D eigenvalue weighted by atomic mass is 16.5. The van der Waals surface area contributed by atoms with E-state index in [0.29, 0.717) is 51.1 Å². The lowest BCUT2D eigenvalue weighted by Crippen LogP contribution is -2.44. The van der Waals surface area contributed by atoms with Crippen LogP contribution in [0.2, 0.25) is 0 Å².